The molecular weight excluding hydrogens is 194 g/mol. The second kappa shape index (κ2) is 4.02. The highest BCUT2D eigenvalue weighted by molar-refractivity contribution is 5.76. The summed E-state index contributed by atoms with van der Waals surface area (Å²) in [4.78, 5) is 13.7. The smallest absolute Gasteiger partial charge is 0.379 e. The van der Waals surface area contributed by atoms with Crippen molar-refractivity contribution < 1.29 is 14.1 Å². The van der Waals surface area contributed by atoms with E-state index in [0.717, 1.165) is 13.0 Å². The van der Waals surface area contributed by atoms with Crippen molar-refractivity contribution in [1.29, 1.82) is 0 Å². The van der Waals surface area contributed by atoms with Crippen LogP contribution >= 0.6 is 0 Å². The van der Waals surface area contributed by atoms with Gasteiger partial charge in [0, 0.05) is 13.7 Å². The number of ether oxygens (including phenoxy) is 1. The molecule has 1 unspecified atom stereocenters. The lowest BCUT2D eigenvalue weighted by molar-refractivity contribution is -0.670. The number of hydrogen-bond donors (Lipinski definition) is 0. The van der Waals surface area contributed by atoms with E-state index >= 15 is 0 Å². The van der Waals surface area contributed by atoms with Gasteiger partial charge < -0.3 is 9.64 Å². The van der Waals surface area contributed by atoms with E-state index in [1.165, 1.54) is 0 Å². The van der Waals surface area contributed by atoms with Crippen molar-refractivity contribution in [3.8, 4) is 0 Å². The molecule has 0 saturated carbocycles. The Balaban J connectivity index is 2.06. The molecule has 1 amide bonds. The van der Waals surface area contributed by atoms with Crippen LogP contribution in [-0.4, -0.2) is 41.8 Å². The van der Waals surface area contributed by atoms with Gasteiger partial charge in [-0.1, -0.05) is 0 Å². The van der Waals surface area contributed by atoms with Crippen LogP contribution in [0.15, 0.2) is 18.7 Å². The predicted octanol–water partition coefficient (Wildman–Crippen LogP) is 0.00140. The first-order chi connectivity index (χ1) is 7.18. The monoisotopic (exact) mass is 210 g/mol. The molecule has 0 bridgehead atoms. The lowest BCUT2D eigenvalue weighted by atomic mass is 10.2. The Bertz CT molecular complexity index is 355. The summed E-state index contributed by atoms with van der Waals surface area (Å²) in [5, 5.41) is 0. The van der Waals surface area contributed by atoms with Gasteiger partial charge in [0.05, 0.1) is 19.7 Å². The first-order valence-corrected chi connectivity index (χ1v) is 5.06. The number of rotatable bonds is 1. The quantitative estimate of drug-likeness (QED) is 0.612. The van der Waals surface area contributed by atoms with Crippen molar-refractivity contribution in [2.24, 2.45) is 7.05 Å². The molecule has 1 fully saturated rings. The van der Waals surface area contributed by atoms with Gasteiger partial charge in [0.25, 0.3) is 6.33 Å². The summed E-state index contributed by atoms with van der Waals surface area (Å²) in [6, 6.07) is 0.205. The van der Waals surface area contributed by atoms with Crippen LogP contribution in [0, 0.1) is 0 Å². The van der Waals surface area contributed by atoms with Crippen LogP contribution in [0.2, 0.25) is 0 Å². The second-order valence-corrected chi connectivity index (χ2v) is 3.90. The molecule has 0 spiro atoms. The molecule has 5 nitrogen and oxygen atoms in total. The Morgan fingerprint density at radius 2 is 2.47 bits per heavy atom. The zero-order chi connectivity index (χ0) is 10.8. The lowest BCUT2D eigenvalue weighted by Crippen LogP contribution is -2.40. The maximum Gasteiger partial charge on any atom is 0.415 e. The molecule has 0 N–H and O–H groups in total. The Morgan fingerprint density at radius 1 is 1.67 bits per heavy atom. The van der Waals surface area contributed by atoms with Gasteiger partial charge in [-0.05, 0) is 6.42 Å². The second-order valence-electron chi connectivity index (χ2n) is 3.90. The zero-order valence-electron chi connectivity index (χ0n) is 9.09. The standard InChI is InChI=1S/C10H16N3O2/c1-11-4-5-13(8-11)10(14)12(2)9-3-6-15-7-9/h4-5,8-9H,3,6-7H2,1-2H3/q+1. The summed E-state index contributed by atoms with van der Waals surface area (Å²) in [5.74, 6) is 0. The van der Waals surface area contributed by atoms with Gasteiger partial charge in [0.1, 0.15) is 12.4 Å². The van der Waals surface area contributed by atoms with Crippen molar-refractivity contribution in [3.05, 3.63) is 18.7 Å². The summed E-state index contributed by atoms with van der Waals surface area (Å²) >= 11 is 0. The fourth-order valence-corrected chi connectivity index (χ4v) is 1.73. The van der Waals surface area contributed by atoms with E-state index in [-0.39, 0.29) is 12.1 Å². The minimum absolute atomic E-state index is 0.00824. The summed E-state index contributed by atoms with van der Waals surface area (Å²) in [6.07, 6.45) is 6.29. The molecule has 2 rings (SSSR count). The van der Waals surface area contributed by atoms with Gasteiger partial charge >= 0.3 is 6.03 Å². The fraction of sp³-hybridized carbons (Fsp3) is 0.600. The number of amides is 1. The number of carbonyl (C=O) groups is 1. The molecule has 0 aromatic carbocycles. The summed E-state index contributed by atoms with van der Waals surface area (Å²) in [7, 11) is 3.71. The first kappa shape index (κ1) is 10.2. The van der Waals surface area contributed by atoms with Crippen molar-refractivity contribution in [1.82, 2.24) is 9.47 Å². The summed E-state index contributed by atoms with van der Waals surface area (Å²) in [5.41, 5.74) is 0. The number of carbonyl (C=O) groups excluding carboxylic acids is 1. The maximum absolute atomic E-state index is 12.0. The topological polar surface area (TPSA) is 38.4 Å². The van der Waals surface area contributed by atoms with E-state index < -0.39 is 0 Å². The van der Waals surface area contributed by atoms with E-state index in [1.54, 1.807) is 22.0 Å². The molecule has 15 heavy (non-hydrogen) atoms. The molecule has 1 aliphatic heterocycles. The van der Waals surface area contributed by atoms with Gasteiger partial charge in [0.2, 0.25) is 0 Å². The third-order valence-corrected chi connectivity index (χ3v) is 2.74. The van der Waals surface area contributed by atoms with Crippen molar-refractivity contribution in [2.45, 2.75) is 12.5 Å². The minimum atomic E-state index is -0.00824. The van der Waals surface area contributed by atoms with Gasteiger partial charge in [0.15, 0.2) is 0 Å². The first-order valence-electron chi connectivity index (χ1n) is 5.06. The molecular formula is C10H16N3O2+. The number of nitrogens with zero attached hydrogens (tertiary/aromatic N) is 3. The molecule has 5 heteroatoms. The highest BCUT2D eigenvalue weighted by Gasteiger charge is 2.27. The van der Waals surface area contributed by atoms with Crippen LogP contribution in [0.4, 0.5) is 4.79 Å². The predicted molar refractivity (Wildman–Crippen MR) is 53.4 cm³/mol. The highest BCUT2D eigenvalue weighted by Crippen LogP contribution is 2.11. The largest absolute Gasteiger partial charge is 0.415 e. The van der Waals surface area contributed by atoms with Crippen LogP contribution in [0.1, 0.15) is 6.42 Å². The molecule has 1 aromatic heterocycles. The van der Waals surface area contributed by atoms with E-state index in [1.807, 2.05) is 24.9 Å². The van der Waals surface area contributed by atoms with E-state index in [4.69, 9.17) is 4.74 Å². The third-order valence-electron chi connectivity index (χ3n) is 2.74. The Kier molecular flexibility index (Phi) is 2.73. The molecule has 1 saturated heterocycles. The van der Waals surface area contributed by atoms with Gasteiger partial charge in [-0.25, -0.2) is 9.36 Å². The van der Waals surface area contributed by atoms with Gasteiger partial charge in [-0.2, -0.15) is 4.57 Å². The SMILES string of the molecule is CN(C(=O)n1cc[n+](C)c1)C1CCOC1. The fourth-order valence-electron chi connectivity index (χ4n) is 1.73. The highest BCUT2D eigenvalue weighted by atomic mass is 16.5. The number of hydrogen-bond acceptors (Lipinski definition) is 2. The molecule has 1 atom stereocenters. The molecule has 1 aliphatic rings. The molecule has 0 aliphatic carbocycles. The van der Waals surface area contributed by atoms with Crippen molar-refractivity contribution in [2.75, 3.05) is 20.3 Å². The third kappa shape index (κ3) is 2.02. The number of imidazole rings is 1. The summed E-state index contributed by atoms with van der Waals surface area (Å²) in [6.45, 7) is 1.40. The molecule has 1 aromatic rings. The van der Waals surface area contributed by atoms with Crippen molar-refractivity contribution >= 4 is 6.03 Å². The molecule has 0 radical (unpaired) electrons. The minimum Gasteiger partial charge on any atom is -0.379 e. The van der Waals surface area contributed by atoms with Crippen LogP contribution < -0.4 is 4.57 Å². The van der Waals surface area contributed by atoms with Crippen LogP contribution in [-0.2, 0) is 11.8 Å². The Hall–Kier alpha value is -1.36. The number of aromatic nitrogens is 2. The van der Waals surface area contributed by atoms with E-state index in [2.05, 4.69) is 0 Å². The molecule has 2 heterocycles. The number of aryl methyl sites for hydroxylation is 1. The van der Waals surface area contributed by atoms with Gasteiger partial charge in [-0.15, -0.1) is 0 Å². The van der Waals surface area contributed by atoms with Gasteiger partial charge in [-0.3, -0.25) is 0 Å². The average molecular weight is 210 g/mol. The Labute approximate surface area is 88.9 Å². The van der Waals surface area contributed by atoms with Crippen LogP contribution in [0.3, 0.4) is 0 Å². The number of likely N-dealkylation sites (N-methyl/N-ethyl adjacent to an activating group) is 1. The Morgan fingerprint density at radius 3 is 3.00 bits per heavy atom. The van der Waals surface area contributed by atoms with E-state index in [9.17, 15) is 4.79 Å². The van der Waals surface area contributed by atoms with E-state index in [0.29, 0.717) is 6.61 Å². The molecule has 82 valence electrons. The normalized spacial score (nSPS) is 20.5. The summed E-state index contributed by atoms with van der Waals surface area (Å²) < 4.78 is 8.69. The lowest BCUT2D eigenvalue weighted by Gasteiger charge is -2.19. The average Bonchev–Trinajstić information content (AvgIpc) is 2.85. The van der Waals surface area contributed by atoms with Crippen LogP contribution in [0.5, 0.6) is 0 Å². The van der Waals surface area contributed by atoms with Crippen LogP contribution in [0.25, 0.3) is 0 Å². The zero-order valence-corrected chi connectivity index (χ0v) is 9.09. The maximum atomic E-state index is 12.0. The van der Waals surface area contributed by atoms with Crippen molar-refractivity contribution in [3.63, 3.8) is 0 Å².